The number of amides is 3. The topological polar surface area (TPSA) is 101 Å². The number of amidine groups is 1. The van der Waals surface area contributed by atoms with Crippen LogP contribution in [0.15, 0.2) is 58.4 Å². The molecule has 0 saturated carbocycles. The quantitative estimate of drug-likeness (QED) is 0.674. The fraction of sp³-hybridized carbons (Fsp3) is 0.250. The van der Waals surface area contributed by atoms with E-state index >= 15 is 0 Å². The zero-order chi connectivity index (χ0) is 23.7. The van der Waals surface area contributed by atoms with Crippen molar-refractivity contribution >= 4 is 51.6 Å². The fourth-order valence-electron chi connectivity index (χ4n) is 4.02. The van der Waals surface area contributed by atoms with E-state index in [0.29, 0.717) is 54.2 Å². The number of nitrogens with zero attached hydrogens (tertiary/aromatic N) is 3. The van der Waals surface area contributed by atoms with Gasteiger partial charge >= 0.3 is 0 Å². The molecule has 0 radical (unpaired) electrons. The molecule has 2 aromatic carbocycles. The maximum atomic E-state index is 13.5. The largest absolute Gasteiger partial charge is 0.497 e. The van der Waals surface area contributed by atoms with Crippen molar-refractivity contribution in [2.24, 2.45) is 4.99 Å². The molecule has 1 N–H and O–H groups in total. The van der Waals surface area contributed by atoms with Crippen LogP contribution in [0, 0.1) is 0 Å². The van der Waals surface area contributed by atoms with Crippen molar-refractivity contribution in [3.05, 3.63) is 59.0 Å². The van der Waals surface area contributed by atoms with E-state index in [2.05, 4.69) is 10.3 Å². The summed E-state index contributed by atoms with van der Waals surface area (Å²) in [6.07, 6.45) is 0. The Hall–Kier alpha value is -3.63. The second kappa shape index (κ2) is 9.32. The number of hydrogen-bond acceptors (Lipinski definition) is 7. The summed E-state index contributed by atoms with van der Waals surface area (Å²) in [5.41, 5.74) is 2.09. The molecule has 0 atom stereocenters. The molecule has 0 spiro atoms. The van der Waals surface area contributed by atoms with Gasteiger partial charge in [0, 0.05) is 24.3 Å². The lowest BCUT2D eigenvalue weighted by Crippen LogP contribution is -2.38. The Morgan fingerprint density at radius 2 is 1.85 bits per heavy atom. The molecule has 1 fully saturated rings. The van der Waals surface area contributed by atoms with Gasteiger partial charge in [0.25, 0.3) is 11.8 Å². The summed E-state index contributed by atoms with van der Waals surface area (Å²) in [7, 11) is 1.57. The van der Waals surface area contributed by atoms with Crippen molar-refractivity contribution in [1.29, 1.82) is 0 Å². The molecule has 5 rings (SSSR count). The van der Waals surface area contributed by atoms with Gasteiger partial charge in [-0.3, -0.25) is 19.3 Å². The number of thioether (sulfide) groups is 1. The maximum Gasteiger partial charge on any atom is 0.287 e. The van der Waals surface area contributed by atoms with Crippen LogP contribution >= 0.6 is 11.8 Å². The summed E-state index contributed by atoms with van der Waals surface area (Å²) in [5, 5.41) is 3.38. The van der Waals surface area contributed by atoms with Crippen molar-refractivity contribution < 1.29 is 23.9 Å². The lowest BCUT2D eigenvalue weighted by atomic mass is 10.1. The van der Waals surface area contributed by atoms with E-state index in [1.54, 1.807) is 55.6 Å². The smallest absolute Gasteiger partial charge is 0.287 e. The molecule has 9 nitrogen and oxygen atoms in total. The van der Waals surface area contributed by atoms with Crippen LogP contribution in [0.5, 0.6) is 5.75 Å². The number of rotatable bonds is 4. The van der Waals surface area contributed by atoms with Gasteiger partial charge in [-0.2, -0.15) is 4.99 Å². The zero-order valence-corrected chi connectivity index (χ0v) is 19.3. The lowest BCUT2D eigenvalue weighted by Gasteiger charge is -2.27. The molecule has 3 aliphatic rings. The number of benzene rings is 2. The Morgan fingerprint density at radius 1 is 1.12 bits per heavy atom. The predicted molar refractivity (Wildman–Crippen MR) is 130 cm³/mol. The van der Waals surface area contributed by atoms with E-state index in [-0.39, 0.29) is 28.8 Å². The van der Waals surface area contributed by atoms with E-state index in [1.165, 1.54) is 16.7 Å². The number of aliphatic imine (C=N–C) groups is 1. The summed E-state index contributed by atoms with van der Waals surface area (Å²) in [6.45, 7) is 2.24. The van der Waals surface area contributed by atoms with E-state index in [0.717, 1.165) is 0 Å². The minimum Gasteiger partial charge on any atom is -0.497 e. The number of morpholine rings is 1. The minimum atomic E-state index is -0.436. The molecule has 0 aliphatic carbocycles. The zero-order valence-electron chi connectivity index (χ0n) is 18.4. The van der Waals surface area contributed by atoms with E-state index in [9.17, 15) is 14.4 Å². The summed E-state index contributed by atoms with van der Waals surface area (Å²) < 4.78 is 10.5. The molecule has 10 heteroatoms. The number of methoxy groups -OCH3 is 1. The summed E-state index contributed by atoms with van der Waals surface area (Å²) in [4.78, 5) is 46.9. The molecular formula is C24H22N4O5S. The monoisotopic (exact) mass is 478 g/mol. The van der Waals surface area contributed by atoms with E-state index in [4.69, 9.17) is 9.47 Å². The normalized spacial score (nSPS) is 19.9. The standard InChI is InChI=1S/C24H22N4O5S/c1-32-16-8-6-15(7-9-16)25-19(29)14-28-18-5-3-2-4-17(18)20(23(28)31)21-22(30)26-24(34-21)27-10-12-33-13-11-27/h2-9H,10-14H2,1H3,(H,25,29)/b21-20+. The van der Waals surface area contributed by atoms with Crippen molar-refractivity contribution in [1.82, 2.24) is 4.90 Å². The number of fused-ring (bicyclic) bond motifs is 1. The number of carbonyl (C=O) groups excluding carboxylic acids is 3. The number of para-hydroxylation sites is 1. The second-order valence-electron chi connectivity index (χ2n) is 7.79. The van der Waals surface area contributed by atoms with Crippen molar-refractivity contribution in [2.45, 2.75) is 0 Å². The molecule has 0 bridgehead atoms. The van der Waals surface area contributed by atoms with E-state index < -0.39 is 5.91 Å². The molecule has 1 saturated heterocycles. The first-order valence-electron chi connectivity index (χ1n) is 10.8. The van der Waals surface area contributed by atoms with E-state index in [1.807, 2.05) is 4.90 Å². The van der Waals surface area contributed by atoms with Gasteiger partial charge in [-0.05, 0) is 42.1 Å². The summed E-state index contributed by atoms with van der Waals surface area (Å²) in [6, 6.07) is 14.1. The van der Waals surface area contributed by atoms with Crippen LogP contribution in [0.4, 0.5) is 11.4 Å². The number of anilines is 2. The molecule has 3 heterocycles. The molecule has 0 aromatic heterocycles. The first-order valence-corrected chi connectivity index (χ1v) is 11.6. The first-order chi connectivity index (χ1) is 16.5. The Labute approximate surface area is 200 Å². The minimum absolute atomic E-state index is 0.186. The average molecular weight is 479 g/mol. The lowest BCUT2D eigenvalue weighted by molar-refractivity contribution is -0.118. The Morgan fingerprint density at radius 3 is 2.59 bits per heavy atom. The highest BCUT2D eigenvalue weighted by atomic mass is 32.2. The van der Waals surface area contributed by atoms with Crippen molar-refractivity contribution in [3.8, 4) is 5.75 Å². The van der Waals surface area contributed by atoms with Gasteiger partial charge in [-0.25, -0.2) is 0 Å². The van der Waals surface area contributed by atoms with Crippen LogP contribution in [0.25, 0.3) is 5.57 Å². The highest BCUT2D eigenvalue weighted by molar-refractivity contribution is 8.18. The average Bonchev–Trinajstić information content (AvgIpc) is 3.37. The summed E-state index contributed by atoms with van der Waals surface area (Å²) in [5.74, 6) is -0.500. The number of hydrogen-bond donors (Lipinski definition) is 1. The van der Waals surface area contributed by atoms with Gasteiger partial charge in [0.15, 0.2) is 5.17 Å². The van der Waals surface area contributed by atoms with Gasteiger partial charge in [-0.15, -0.1) is 0 Å². The van der Waals surface area contributed by atoms with Crippen LogP contribution in [0.1, 0.15) is 5.56 Å². The molecule has 34 heavy (non-hydrogen) atoms. The Bertz CT molecular complexity index is 1220. The molecule has 174 valence electrons. The Balaban J connectivity index is 1.38. The van der Waals surface area contributed by atoms with Gasteiger partial charge in [0.1, 0.15) is 12.3 Å². The van der Waals surface area contributed by atoms with Gasteiger partial charge in [0.2, 0.25) is 5.91 Å². The highest BCUT2D eigenvalue weighted by Crippen LogP contribution is 2.43. The molecule has 0 unspecified atom stereocenters. The number of ether oxygens (including phenoxy) is 2. The number of carbonyl (C=O) groups is 3. The summed E-state index contributed by atoms with van der Waals surface area (Å²) >= 11 is 1.21. The maximum absolute atomic E-state index is 13.5. The molecule has 2 aromatic rings. The molecule has 3 amide bonds. The molecule has 3 aliphatic heterocycles. The van der Waals surface area contributed by atoms with Crippen molar-refractivity contribution in [2.75, 3.05) is 50.2 Å². The SMILES string of the molecule is COc1ccc(NC(=O)CN2C(=O)/C(=C3/SC(N4CCOCC4)=NC3=O)c3ccccc32)cc1. The van der Waals surface area contributed by atoms with Crippen molar-refractivity contribution in [3.63, 3.8) is 0 Å². The third kappa shape index (κ3) is 4.17. The highest BCUT2D eigenvalue weighted by Gasteiger charge is 2.40. The first kappa shape index (κ1) is 22.2. The third-order valence-electron chi connectivity index (χ3n) is 5.69. The fourth-order valence-corrected chi connectivity index (χ4v) is 5.07. The Kier molecular flexibility index (Phi) is 6.08. The van der Waals surface area contributed by atoms with Crippen LogP contribution in [-0.4, -0.2) is 67.7 Å². The van der Waals surface area contributed by atoms with Crippen LogP contribution in [0.2, 0.25) is 0 Å². The number of nitrogens with one attached hydrogen (secondary N) is 1. The van der Waals surface area contributed by atoms with Crippen LogP contribution in [-0.2, 0) is 19.1 Å². The van der Waals surface area contributed by atoms with Crippen LogP contribution < -0.4 is 15.0 Å². The third-order valence-corrected chi connectivity index (χ3v) is 6.81. The van der Waals surface area contributed by atoms with Gasteiger partial charge < -0.3 is 19.7 Å². The van der Waals surface area contributed by atoms with Crippen LogP contribution in [0.3, 0.4) is 0 Å². The predicted octanol–water partition coefficient (Wildman–Crippen LogP) is 2.35. The van der Waals surface area contributed by atoms with Gasteiger partial charge in [0.05, 0.1) is 36.5 Å². The van der Waals surface area contributed by atoms with Gasteiger partial charge in [-0.1, -0.05) is 18.2 Å². The molecular weight excluding hydrogens is 456 g/mol. The second-order valence-corrected chi connectivity index (χ2v) is 8.77.